The maximum Gasteiger partial charge on any atom is 0.0583 e. The Morgan fingerprint density at radius 2 is 2.17 bits per heavy atom. The minimum atomic E-state index is 0.588. The van der Waals surface area contributed by atoms with Crippen LogP contribution in [0.2, 0.25) is 0 Å². The predicted molar refractivity (Wildman–Crippen MR) is 50.4 cm³/mol. The summed E-state index contributed by atoms with van der Waals surface area (Å²) in [6, 6.07) is 4.84. The van der Waals surface area contributed by atoms with Gasteiger partial charge in [-0.05, 0) is 26.0 Å². The van der Waals surface area contributed by atoms with E-state index in [2.05, 4.69) is 54.0 Å². The Balaban J connectivity index is 2.24. The fourth-order valence-electron chi connectivity index (χ4n) is 1.46. The van der Waals surface area contributed by atoms with Crippen molar-refractivity contribution in [3.63, 3.8) is 0 Å². The zero-order chi connectivity index (χ0) is 8.55. The highest BCUT2D eigenvalue weighted by Gasteiger charge is 2.11. The number of rotatable bonds is 1. The second kappa shape index (κ2) is 2.70. The molecule has 0 bridgehead atoms. The second-order valence-electron chi connectivity index (χ2n) is 3.47. The van der Waals surface area contributed by atoms with Crippen molar-refractivity contribution in [1.82, 2.24) is 9.47 Å². The molecule has 1 aliphatic heterocycles. The van der Waals surface area contributed by atoms with Crippen LogP contribution in [0.15, 0.2) is 24.5 Å². The normalized spacial score (nSPS) is 15.4. The summed E-state index contributed by atoms with van der Waals surface area (Å²) in [4.78, 5) is 2.33. The van der Waals surface area contributed by atoms with Gasteiger partial charge in [0.1, 0.15) is 0 Å². The Labute approximate surface area is 73.1 Å². The van der Waals surface area contributed by atoms with Gasteiger partial charge < -0.3 is 9.47 Å². The molecule has 0 aliphatic carbocycles. The van der Waals surface area contributed by atoms with Crippen molar-refractivity contribution in [2.45, 2.75) is 26.4 Å². The fraction of sp³-hybridized carbons (Fsp3) is 0.400. The van der Waals surface area contributed by atoms with Crippen LogP contribution in [0.1, 0.15) is 19.5 Å². The van der Waals surface area contributed by atoms with E-state index in [0.29, 0.717) is 6.04 Å². The van der Waals surface area contributed by atoms with Crippen LogP contribution in [-0.4, -0.2) is 15.5 Å². The molecule has 0 radical (unpaired) electrons. The molecule has 1 aliphatic rings. The van der Waals surface area contributed by atoms with Crippen LogP contribution in [0.5, 0.6) is 0 Å². The van der Waals surface area contributed by atoms with Crippen LogP contribution < -0.4 is 0 Å². The second-order valence-corrected chi connectivity index (χ2v) is 3.47. The number of hydrogen-bond acceptors (Lipinski definition) is 1. The summed E-state index contributed by atoms with van der Waals surface area (Å²) in [5.41, 5.74) is 1.37. The van der Waals surface area contributed by atoms with E-state index < -0.39 is 0 Å². The molecule has 64 valence electrons. The highest BCUT2D eigenvalue weighted by atomic mass is 15.2. The van der Waals surface area contributed by atoms with Crippen LogP contribution in [0, 0.1) is 0 Å². The third-order valence-corrected chi connectivity index (χ3v) is 2.29. The van der Waals surface area contributed by atoms with Gasteiger partial charge in [0.05, 0.1) is 6.54 Å². The summed E-state index contributed by atoms with van der Waals surface area (Å²) >= 11 is 0. The summed E-state index contributed by atoms with van der Waals surface area (Å²) in [7, 11) is 0. The molecule has 0 aromatic carbocycles. The number of fused-ring (bicyclic) bond motifs is 1. The Hall–Kier alpha value is -1.18. The topological polar surface area (TPSA) is 8.17 Å². The largest absolute Gasteiger partial charge is 0.368 e. The Bertz CT molecular complexity index is 297. The molecule has 0 unspecified atom stereocenters. The molecule has 1 aromatic rings. The lowest BCUT2D eigenvalue weighted by Gasteiger charge is -2.28. The Kier molecular flexibility index (Phi) is 1.68. The highest BCUT2D eigenvalue weighted by molar-refractivity contribution is 5.31. The van der Waals surface area contributed by atoms with Crippen molar-refractivity contribution in [3.05, 3.63) is 30.2 Å². The van der Waals surface area contributed by atoms with E-state index in [1.807, 2.05) is 0 Å². The molecule has 2 heteroatoms. The quantitative estimate of drug-likeness (QED) is 0.614. The van der Waals surface area contributed by atoms with Gasteiger partial charge in [0, 0.05) is 30.3 Å². The van der Waals surface area contributed by atoms with E-state index >= 15 is 0 Å². The van der Waals surface area contributed by atoms with Crippen LogP contribution in [0.25, 0.3) is 6.20 Å². The van der Waals surface area contributed by atoms with Crippen molar-refractivity contribution in [3.8, 4) is 0 Å². The molecule has 0 spiro atoms. The summed E-state index contributed by atoms with van der Waals surface area (Å²) in [6.07, 6.45) is 6.35. The van der Waals surface area contributed by atoms with E-state index in [9.17, 15) is 0 Å². The van der Waals surface area contributed by atoms with E-state index in [1.54, 1.807) is 0 Å². The van der Waals surface area contributed by atoms with Crippen molar-refractivity contribution in [2.75, 3.05) is 0 Å². The summed E-state index contributed by atoms with van der Waals surface area (Å²) in [6.45, 7) is 5.45. The first kappa shape index (κ1) is 7.47. The van der Waals surface area contributed by atoms with Gasteiger partial charge in [-0.25, -0.2) is 0 Å². The number of nitrogens with zero attached hydrogens (tertiary/aromatic N) is 2. The van der Waals surface area contributed by atoms with Gasteiger partial charge in [-0.15, -0.1) is 0 Å². The molecular weight excluding hydrogens is 148 g/mol. The molecule has 2 heterocycles. The molecule has 0 saturated heterocycles. The van der Waals surface area contributed by atoms with Crippen LogP contribution in [0.4, 0.5) is 0 Å². The van der Waals surface area contributed by atoms with Crippen molar-refractivity contribution < 1.29 is 0 Å². The lowest BCUT2D eigenvalue weighted by molar-refractivity contribution is 0.293. The monoisotopic (exact) mass is 162 g/mol. The number of aromatic nitrogens is 1. The molecule has 0 amide bonds. The zero-order valence-corrected chi connectivity index (χ0v) is 7.57. The summed E-state index contributed by atoms with van der Waals surface area (Å²) in [5.74, 6) is 0. The van der Waals surface area contributed by atoms with Gasteiger partial charge in [0.15, 0.2) is 0 Å². The fourth-order valence-corrected chi connectivity index (χ4v) is 1.46. The van der Waals surface area contributed by atoms with Crippen molar-refractivity contribution in [2.24, 2.45) is 0 Å². The predicted octanol–water partition coefficient (Wildman–Crippen LogP) is 2.14. The van der Waals surface area contributed by atoms with Crippen LogP contribution in [0.3, 0.4) is 0 Å². The standard InChI is InChI=1S/C10H14N2/c1-9(2)12-7-6-11-5-3-4-10(11)8-12/h3-7,9H,8H2,1-2H3. The Morgan fingerprint density at radius 1 is 1.33 bits per heavy atom. The van der Waals surface area contributed by atoms with Gasteiger partial charge in [-0.2, -0.15) is 0 Å². The minimum Gasteiger partial charge on any atom is -0.368 e. The maximum atomic E-state index is 2.33. The smallest absolute Gasteiger partial charge is 0.0583 e. The van der Waals surface area contributed by atoms with Gasteiger partial charge in [0.2, 0.25) is 0 Å². The molecular formula is C10H14N2. The van der Waals surface area contributed by atoms with Gasteiger partial charge in [-0.3, -0.25) is 0 Å². The first-order valence-electron chi connectivity index (χ1n) is 4.37. The molecule has 12 heavy (non-hydrogen) atoms. The zero-order valence-electron chi connectivity index (χ0n) is 7.57. The lowest BCUT2D eigenvalue weighted by atomic mass is 10.3. The summed E-state index contributed by atoms with van der Waals surface area (Å²) < 4.78 is 2.17. The van der Waals surface area contributed by atoms with Crippen LogP contribution in [-0.2, 0) is 6.54 Å². The lowest BCUT2D eigenvalue weighted by Crippen LogP contribution is -2.27. The molecule has 0 N–H and O–H groups in total. The molecule has 0 fully saturated rings. The van der Waals surface area contributed by atoms with Crippen LogP contribution >= 0.6 is 0 Å². The molecule has 0 atom stereocenters. The molecule has 2 rings (SSSR count). The van der Waals surface area contributed by atoms with Crippen molar-refractivity contribution in [1.29, 1.82) is 0 Å². The highest BCUT2D eigenvalue weighted by Crippen LogP contribution is 2.15. The minimum absolute atomic E-state index is 0.588. The summed E-state index contributed by atoms with van der Waals surface area (Å²) in [5, 5.41) is 0. The Morgan fingerprint density at radius 3 is 2.92 bits per heavy atom. The first-order chi connectivity index (χ1) is 5.77. The average molecular weight is 162 g/mol. The average Bonchev–Trinajstić information content (AvgIpc) is 2.49. The third kappa shape index (κ3) is 1.13. The van der Waals surface area contributed by atoms with E-state index in [4.69, 9.17) is 0 Å². The number of hydrogen-bond donors (Lipinski definition) is 0. The first-order valence-corrected chi connectivity index (χ1v) is 4.37. The maximum absolute atomic E-state index is 2.33. The van der Waals surface area contributed by atoms with Crippen molar-refractivity contribution >= 4 is 6.20 Å². The third-order valence-electron chi connectivity index (χ3n) is 2.29. The SMILES string of the molecule is CC(C)N1C=Cn2cccc2C1. The molecule has 0 saturated carbocycles. The van der Waals surface area contributed by atoms with E-state index in [-0.39, 0.29) is 0 Å². The van der Waals surface area contributed by atoms with E-state index in [0.717, 1.165) is 6.54 Å². The van der Waals surface area contributed by atoms with Gasteiger partial charge in [-0.1, -0.05) is 0 Å². The molecule has 1 aromatic heterocycles. The molecule has 2 nitrogen and oxygen atoms in total. The van der Waals surface area contributed by atoms with Gasteiger partial charge >= 0.3 is 0 Å². The van der Waals surface area contributed by atoms with Gasteiger partial charge in [0.25, 0.3) is 0 Å². The van der Waals surface area contributed by atoms with E-state index in [1.165, 1.54) is 5.69 Å².